The lowest BCUT2D eigenvalue weighted by atomic mass is 9.90. The molecule has 6 heteroatoms. The van der Waals surface area contributed by atoms with E-state index in [0.717, 1.165) is 4.90 Å². The summed E-state index contributed by atoms with van der Waals surface area (Å²) in [5.41, 5.74) is -0.702. The average Bonchev–Trinajstić information content (AvgIpc) is 2.18. The number of alkyl halides is 2. The van der Waals surface area contributed by atoms with Crippen molar-refractivity contribution in [1.29, 1.82) is 0 Å². The van der Waals surface area contributed by atoms with Gasteiger partial charge in [-0.2, -0.15) is 0 Å². The van der Waals surface area contributed by atoms with E-state index in [1.165, 1.54) is 0 Å². The van der Waals surface area contributed by atoms with Gasteiger partial charge in [0.2, 0.25) is 0 Å². The van der Waals surface area contributed by atoms with E-state index in [1.54, 1.807) is 20.8 Å². The molecule has 0 aromatic rings. The second-order valence-corrected chi connectivity index (χ2v) is 5.55. The van der Waals surface area contributed by atoms with E-state index in [1.807, 2.05) is 0 Å². The van der Waals surface area contributed by atoms with Crippen LogP contribution in [0.15, 0.2) is 0 Å². The number of likely N-dealkylation sites (tertiary alicyclic amines) is 1. The van der Waals surface area contributed by atoms with Crippen molar-refractivity contribution in [3.05, 3.63) is 0 Å². The first-order chi connectivity index (χ1) is 8.15. The lowest BCUT2D eigenvalue weighted by Gasteiger charge is -2.38. The predicted octanol–water partition coefficient (Wildman–Crippen LogP) is 2.47. The zero-order valence-electron chi connectivity index (χ0n) is 10.9. The Morgan fingerprint density at radius 2 is 2.11 bits per heavy atom. The highest BCUT2D eigenvalue weighted by molar-refractivity contribution is 5.68. The standard InChI is InChI=1S/C12H19F2NO3/c1-11(2,3)18-10(17)15-6-4-9(5-7-16)12(13,14)8-15/h7,9H,4-6,8H2,1-3H3/t9-/m0/s1. The summed E-state index contributed by atoms with van der Waals surface area (Å²) in [6, 6.07) is 0. The normalized spacial score (nSPS) is 23.6. The third kappa shape index (κ3) is 3.92. The summed E-state index contributed by atoms with van der Waals surface area (Å²) < 4.78 is 32.4. The maximum Gasteiger partial charge on any atom is 0.410 e. The lowest BCUT2D eigenvalue weighted by molar-refractivity contribution is -0.125. The molecule has 1 fully saturated rings. The number of halogens is 2. The monoisotopic (exact) mass is 263 g/mol. The van der Waals surface area contributed by atoms with E-state index < -0.39 is 30.1 Å². The SMILES string of the molecule is CC(C)(C)OC(=O)N1CC[C@@H](CC=O)C(F)(F)C1. The number of hydrogen-bond donors (Lipinski definition) is 0. The second kappa shape index (κ2) is 5.20. The van der Waals surface area contributed by atoms with Gasteiger partial charge < -0.3 is 14.4 Å². The van der Waals surface area contributed by atoms with Gasteiger partial charge in [0.15, 0.2) is 0 Å². The van der Waals surface area contributed by atoms with Crippen molar-refractivity contribution in [3.63, 3.8) is 0 Å². The van der Waals surface area contributed by atoms with Crippen molar-refractivity contribution in [3.8, 4) is 0 Å². The molecule has 1 heterocycles. The van der Waals surface area contributed by atoms with Crippen molar-refractivity contribution in [1.82, 2.24) is 4.90 Å². The number of carbonyl (C=O) groups is 2. The highest BCUT2D eigenvalue weighted by Gasteiger charge is 2.46. The molecule has 1 atom stereocenters. The van der Waals surface area contributed by atoms with Crippen LogP contribution in [-0.4, -0.2) is 41.9 Å². The molecule has 0 bridgehead atoms. The molecule has 1 aliphatic heterocycles. The van der Waals surface area contributed by atoms with Crippen molar-refractivity contribution in [2.24, 2.45) is 5.92 Å². The van der Waals surface area contributed by atoms with Gasteiger partial charge in [-0.25, -0.2) is 13.6 Å². The van der Waals surface area contributed by atoms with Crippen LogP contribution in [0.2, 0.25) is 0 Å². The third-order valence-electron chi connectivity index (χ3n) is 2.78. The molecule has 104 valence electrons. The Morgan fingerprint density at radius 1 is 1.50 bits per heavy atom. The number of ether oxygens (including phenoxy) is 1. The Balaban J connectivity index is 2.63. The van der Waals surface area contributed by atoms with E-state index in [0.29, 0.717) is 6.29 Å². The van der Waals surface area contributed by atoms with Gasteiger partial charge in [0.05, 0.1) is 6.54 Å². The zero-order valence-corrected chi connectivity index (χ0v) is 10.9. The summed E-state index contributed by atoms with van der Waals surface area (Å²) in [5, 5.41) is 0. The van der Waals surface area contributed by atoms with Gasteiger partial charge in [-0.15, -0.1) is 0 Å². The topological polar surface area (TPSA) is 46.6 Å². The van der Waals surface area contributed by atoms with Crippen molar-refractivity contribution >= 4 is 12.4 Å². The van der Waals surface area contributed by atoms with Crippen molar-refractivity contribution < 1.29 is 23.1 Å². The summed E-state index contributed by atoms with van der Waals surface area (Å²) in [6.07, 6.45) is -0.284. The summed E-state index contributed by atoms with van der Waals surface area (Å²) in [6.45, 7) is 4.57. The van der Waals surface area contributed by atoms with Crippen LogP contribution in [0.4, 0.5) is 13.6 Å². The summed E-state index contributed by atoms with van der Waals surface area (Å²) in [5.74, 6) is -4.01. The van der Waals surface area contributed by atoms with Gasteiger partial charge in [-0.05, 0) is 27.2 Å². The first-order valence-corrected chi connectivity index (χ1v) is 5.95. The maximum atomic E-state index is 13.7. The highest BCUT2D eigenvalue weighted by atomic mass is 19.3. The van der Waals surface area contributed by atoms with Gasteiger partial charge in [-0.1, -0.05) is 0 Å². The van der Waals surface area contributed by atoms with E-state index in [9.17, 15) is 18.4 Å². The number of rotatable bonds is 2. The van der Waals surface area contributed by atoms with Crippen LogP contribution in [0.25, 0.3) is 0 Å². The van der Waals surface area contributed by atoms with E-state index in [2.05, 4.69) is 0 Å². The number of carbonyl (C=O) groups excluding carboxylic acids is 2. The predicted molar refractivity (Wildman–Crippen MR) is 61.5 cm³/mol. The minimum absolute atomic E-state index is 0.116. The maximum absolute atomic E-state index is 13.7. The van der Waals surface area contributed by atoms with E-state index >= 15 is 0 Å². The molecule has 1 aliphatic rings. The minimum Gasteiger partial charge on any atom is -0.444 e. The minimum atomic E-state index is -3.03. The highest BCUT2D eigenvalue weighted by Crippen LogP contribution is 2.35. The van der Waals surface area contributed by atoms with Gasteiger partial charge >= 0.3 is 6.09 Å². The first kappa shape index (κ1) is 14.9. The summed E-state index contributed by atoms with van der Waals surface area (Å²) in [4.78, 5) is 23.0. The molecule has 0 aromatic carbocycles. The number of amides is 1. The van der Waals surface area contributed by atoms with E-state index in [-0.39, 0.29) is 19.4 Å². The first-order valence-electron chi connectivity index (χ1n) is 5.95. The van der Waals surface area contributed by atoms with Crippen LogP contribution in [-0.2, 0) is 9.53 Å². The fourth-order valence-electron chi connectivity index (χ4n) is 1.87. The molecule has 0 radical (unpaired) electrons. The fourth-order valence-corrected chi connectivity index (χ4v) is 1.87. The van der Waals surface area contributed by atoms with Gasteiger partial charge in [-0.3, -0.25) is 0 Å². The largest absolute Gasteiger partial charge is 0.444 e. The van der Waals surface area contributed by atoms with Gasteiger partial charge in [0.25, 0.3) is 5.92 Å². The second-order valence-electron chi connectivity index (χ2n) is 5.55. The van der Waals surface area contributed by atoms with E-state index in [4.69, 9.17) is 4.74 Å². The van der Waals surface area contributed by atoms with Crippen molar-refractivity contribution in [2.75, 3.05) is 13.1 Å². The zero-order chi connectivity index (χ0) is 14.0. The van der Waals surface area contributed by atoms with Gasteiger partial charge in [0.1, 0.15) is 11.9 Å². The Kier molecular flexibility index (Phi) is 4.29. The number of hydrogen-bond acceptors (Lipinski definition) is 3. The molecular weight excluding hydrogens is 244 g/mol. The number of nitrogens with zero attached hydrogens (tertiary/aromatic N) is 1. The van der Waals surface area contributed by atoms with Gasteiger partial charge in [0, 0.05) is 18.9 Å². The van der Waals surface area contributed by atoms with Crippen molar-refractivity contribution in [2.45, 2.75) is 45.1 Å². The number of piperidine rings is 1. The Bertz CT molecular complexity index is 326. The lowest BCUT2D eigenvalue weighted by Crippen LogP contribution is -2.51. The van der Waals surface area contributed by atoms with Crippen LogP contribution < -0.4 is 0 Å². The summed E-state index contributed by atoms with van der Waals surface area (Å²) >= 11 is 0. The Hall–Kier alpha value is -1.20. The molecule has 18 heavy (non-hydrogen) atoms. The smallest absolute Gasteiger partial charge is 0.410 e. The molecule has 1 rings (SSSR count). The third-order valence-corrected chi connectivity index (χ3v) is 2.78. The molecule has 0 saturated carbocycles. The molecule has 4 nitrogen and oxygen atoms in total. The van der Waals surface area contributed by atoms with Crippen LogP contribution >= 0.6 is 0 Å². The van der Waals surface area contributed by atoms with Crippen LogP contribution in [0.5, 0.6) is 0 Å². The number of aldehydes is 1. The van der Waals surface area contributed by atoms with Crippen LogP contribution in [0, 0.1) is 5.92 Å². The summed E-state index contributed by atoms with van der Waals surface area (Å²) in [7, 11) is 0. The molecule has 1 saturated heterocycles. The molecule has 0 N–H and O–H groups in total. The average molecular weight is 263 g/mol. The Labute approximate surface area is 105 Å². The molecule has 0 aromatic heterocycles. The molecular formula is C12H19F2NO3. The molecule has 0 aliphatic carbocycles. The Morgan fingerprint density at radius 3 is 2.56 bits per heavy atom. The molecule has 1 amide bonds. The molecule has 0 spiro atoms. The van der Waals surface area contributed by atoms with Crippen LogP contribution in [0.3, 0.4) is 0 Å². The fraction of sp³-hybridized carbons (Fsp3) is 0.833. The molecule has 0 unspecified atom stereocenters. The van der Waals surface area contributed by atoms with Crippen LogP contribution in [0.1, 0.15) is 33.6 Å². The quantitative estimate of drug-likeness (QED) is 0.719.